The highest BCUT2D eigenvalue weighted by Crippen LogP contribution is 2.27. The van der Waals surface area contributed by atoms with Crippen LogP contribution in [0, 0.1) is 6.92 Å². The zero-order valence-corrected chi connectivity index (χ0v) is 8.93. The van der Waals surface area contributed by atoms with Crippen molar-refractivity contribution in [3.05, 3.63) is 28.7 Å². The summed E-state index contributed by atoms with van der Waals surface area (Å²) in [6.07, 6.45) is 3.40. The largest absolute Gasteiger partial charge is 0.371 e. The Balaban J connectivity index is 2.50. The van der Waals surface area contributed by atoms with Crippen molar-refractivity contribution in [2.24, 2.45) is 0 Å². The highest BCUT2D eigenvalue weighted by molar-refractivity contribution is 7.10. The first kappa shape index (κ1) is 9.15. The van der Waals surface area contributed by atoms with Crippen LogP contribution >= 0.6 is 11.3 Å². The van der Waals surface area contributed by atoms with Gasteiger partial charge in [0.15, 0.2) is 5.82 Å². The van der Waals surface area contributed by atoms with E-state index in [-0.39, 0.29) is 0 Å². The fourth-order valence-corrected chi connectivity index (χ4v) is 1.99. The number of hydrogen-bond acceptors (Lipinski definition) is 4. The molecule has 0 aliphatic heterocycles. The van der Waals surface area contributed by atoms with Gasteiger partial charge in [0.05, 0.1) is 0 Å². The Morgan fingerprint density at radius 2 is 2.07 bits per heavy atom. The van der Waals surface area contributed by atoms with Crippen molar-refractivity contribution in [3.8, 4) is 11.3 Å². The maximum Gasteiger partial charge on any atom is 0.152 e. The van der Waals surface area contributed by atoms with Crippen molar-refractivity contribution in [2.45, 2.75) is 6.92 Å². The lowest BCUT2D eigenvalue weighted by atomic mass is 10.2. The van der Waals surface area contributed by atoms with Gasteiger partial charge in [0.2, 0.25) is 0 Å². The maximum atomic E-state index is 4.31. The van der Waals surface area contributed by atoms with Gasteiger partial charge < -0.3 is 5.32 Å². The summed E-state index contributed by atoms with van der Waals surface area (Å²) in [7, 11) is 1.85. The summed E-state index contributed by atoms with van der Waals surface area (Å²) >= 11 is 1.72. The minimum absolute atomic E-state index is 0.824. The standard InChI is InChI=1S/C10H11N3S/c1-7-5-8(6-14-7)9-10(11-2)13-4-3-12-9/h3-6H,1-2H3,(H,11,13). The predicted molar refractivity (Wildman–Crippen MR) is 59.6 cm³/mol. The van der Waals surface area contributed by atoms with Crippen LogP contribution in [0.5, 0.6) is 0 Å². The molecule has 0 bridgehead atoms. The van der Waals surface area contributed by atoms with E-state index in [0.29, 0.717) is 0 Å². The van der Waals surface area contributed by atoms with Crippen LogP contribution in [0.2, 0.25) is 0 Å². The second-order valence-corrected chi connectivity index (χ2v) is 4.06. The molecule has 72 valence electrons. The zero-order valence-electron chi connectivity index (χ0n) is 8.11. The molecule has 2 heterocycles. The Kier molecular flexibility index (Phi) is 2.45. The van der Waals surface area contributed by atoms with Crippen LogP contribution < -0.4 is 5.32 Å². The molecule has 2 aromatic heterocycles. The van der Waals surface area contributed by atoms with Crippen LogP contribution in [0.3, 0.4) is 0 Å². The molecule has 0 aliphatic carbocycles. The topological polar surface area (TPSA) is 37.8 Å². The lowest BCUT2D eigenvalue weighted by Crippen LogP contribution is -1.96. The molecule has 0 saturated carbocycles. The SMILES string of the molecule is CNc1nccnc1-c1csc(C)c1. The fraction of sp³-hybridized carbons (Fsp3) is 0.200. The molecule has 0 radical (unpaired) electrons. The van der Waals surface area contributed by atoms with Crippen molar-refractivity contribution in [2.75, 3.05) is 12.4 Å². The van der Waals surface area contributed by atoms with Crippen LogP contribution in [0.15, 0.2) is 23.8 Å². The number of anilines is 1. The molecule has 4 heteroatoms. The van der Waals surface area contributed by atoms with E-state index >= 15 is 0 Å². The van der Waals surface area contributed by atoms with Gasteiger partial charge in [-0.3, -0.25) is 4.98 Å². The van der Waals surface area contributed by atoms with E-state index in [4.69, 9.17) is 0 Å². The first-order chi connectivity index (χ1) is 6.81. The van der Waals surface area contributed by atoms with E-state index in [2.05, 4.69) is 33.7 Å². The van der Waals surface area contributed by atoms with Gasteiger partial charge in [-0.25, -0.2) is 4.98 Å². The summed E-state index contributed by atoms with van der Waals surface area (Å²) in [6, 6.07) is 2.12. The Labute approximate surface area is 86.8 Å². The number of rotatable bonds is 2. The number of thiophene rings is 1. The van der Waals surface area contributed by atoms with Gasteiger partial charge in [-0.15, -0.1) is 11.3 Å². The van der Waals surface area contributed by atoms with E-state index in [1.807, 2.05) is 7.05 Å². The molecule has 0 spiro atoms. The van der Waals surface area contributed by atoms with E-state index in [9.17, 15) is 0 Å². The first-order valence-electron chi connectivity index (χ1n) is 4.35. The molecule has 0 saturated heterocycles. The van der Waals surface area contributed by atoms with Crippen LogP contribution in [0.4, 0.5) is 5.82 Å². The van der Waals surface area contributed by atoms with Crippen LogP contribution in [-0.2, 0) is 0 Å². The highest BCUT2D eigenvalue weighted by atomic mass is 32.1. The predicted octanol–water partition coefficient (Wildman–Crippen LogP) is 2.56. The van der Waals surface area contributed by atoms with Gasteiger partial charge >= 0.3 is 0 Å². The van der Waals surface area contributed by atoms with Gasteiger partial charge in [-0.2, -0.15) is 0 Å². The number of nitrogens with one attached hydrogen (secondary N) is 1. The molecule has 2 aromatic rings. The van der Waals surface area contributed by atoms with Gasteiger partial charge in [0, 0.05) is 35.3 Å². The number of nitrogens with zero attached hydrogens (tertiary/aromatic N) is 2. The molecule has 14 heavy (non-hydrogen) atoms. The van der Waals surface area contributed by atoms with E-state index in [0.717, 1.165) is 17.1 Å². The number of aromatic nitrogens is 2. The van der Waals surface area contributed by atoms with Gasteiger partial charge in [0.1, 0.15) is 5.69 Å². The summed E-state index contributed by atoms with van der Waals surface area (Å²) in [4.78, 5) is 9.81. The fourth-order valence-electron chi connectivity index (χ4n) is 1.30. The average Bonchev–Trinajstić information content (AvgIpc) is 2.65. The molecule has 3 nitrogen and oxygen atoms in total. The molecular weight excluding hydrogens is 194 g/mol. The van der Waals surface area contributed by atoms with Crippen molar-refractivity contribution >= 4 is 17.2 Å². The van der Waals surface area contributed by atoms with Crippen molar-refractivity contribution in [1.29, 1.82) is 0 Å². The quantitative estimate of drug-likeness (QED) is 0.818. The monoisotopic (exact) mass is 205 g/mol. The van der Waals surface area contributed by atoms with Crippen LogP contribution in [0.1, 0.15) is 4.88 Å². The van der Waals surface area contributed by atoms with Crippen molar-refractivity contribution < 1.29 is 0 Å². The minimum Gasteiger partial charge on any atom is -0.371 e. The molecule has 0 aliphatic rings. The first-order valence-corrected chi connectivity index (χ1v) is 5.23. The summed E-state index contributed by atoms with van der Waals surface area (Å²) in [5.74, 6) is 0.824. The third kappa shape index (κ3) is 1.61. The van der Waals surface area contributed by atoms with Crippen molar-refractivity contribution in [1.82, 2.24) is 9.97 Å². The van der Waals surface area contributed by atoms with Gasteiger partial charge in [-0.05, 0) is 13.0 Å². The van der Waals surface area contributed by atoms with Gasteiger partial charge in [0.25, 0.3) is 0 Å². The van der Waals surface area contributed by atoms with E-state index in [1.165, 1.54) is 4.88 Å². The lowest BCUT2D eigenvalue weighted by Gasteiger charge is -2.03. The highest BCUT2D eigenvalue weighted by Gasteiger charge is 2.06. The third-order valence-electron chi connectivity index (χ3n) is 1.94. The molecular formula is C10H11N3S. The summed E-state index contributed by atoms with van der Waals surface area (Å²) in [5, 5.41) is 5.13. The summed E-state index contributed by atoms with van der Waals surface area (Å²) < 4.78 is 0. The number of aryl methyl sites for hydroxylation is 1. The number of hydrogen-bond donors (Lipinski definition) is 1. The van der Waals surface area contributed by atoms with Gasteiger partial charge in [-0.1, -0.05) is 0 Å². The Bertz CT molecular complexity index is 436. The lowest BCUT2D eigenvalue weighted by molar-refractivity contribution is 1.19. The molecule has 1 N–H and O–H groups in total. The molecule has 0 amide bonds. The molecule has 0 aromatic carbocycles. The zero-order chi connectivity index (χ0) is 9.97. The van der Waals surface area contributed by atoms with E-state index in [1.54, 1.807) is 23.7 Å². The molecule has 0 unspecified atom stereocenters. The van der Waals surface area contributed by atoms with Crippen LogP contribution in [-0.4, -0.2) is 17.0 Å². The summed E-state index contributed by atoms with van der Waals surface area (Å²) in [5.41, 5.74) is 2.05. The Hall–Kier alpha value is -1.42. The smallest absolute Gasteiger partial charge is 0.152 e. The Morgan fingerprint density at radius 3 is 2.71 bits per heavy atom. The molecule has 0 fully saturated rings. The second-order valence-electron chi connectivity index (χ2n) is 2.95. The average molecular weight is 205 g/mol. The summed E-state index contributed by atoms with van der Waals surface area (Å²) in [6.45, 7) is 2.09. The molecule has 0 atom stereocenters. The minimum atomic E-state index is 0.824. The van der Waals surface area contributed by atoms with Crippen LogP contribution in [0.25, 0.3) is 11.3 Å². The Morgan fingerprint density at radius 1 is 1.29 bits per heavy atom. The normalized spacial score (nSPS) is 10.1. The maximum absolute atomic E-state index is 4.31. The molecule has 2 rings (SSSR count). The third-order valence-corrected chi connectivity index (χ3v) is 2.80. The van der Waals surface area contributed by atoms with E-state index < -0.39 is 0 Å². The van der Waals surface area contributed by atoms with Crippen molar-refractivity contribution in [3.63, 3.8) is 0 Å². The second kappa shape index (κ2) is 3.75.